The number of phenolic OH excluding ortho intramolecular Hbond substituents is 1. The van der Waals surface area contributed by atoms with Crippen LogP contribution in [0.5, 0.6) is 5.75 Å². The molecule has 5 nitrogen and oxygen atoms in total. The summed E-state index contributed by atoms with van der Waals surface area (Å²) in [6, 6.07) is 22.3. The van der Waals surface area contributed by atoms with Gasteiger partial charge in [-0.15, -0.1) is 0 Å². The van der Waals surface area contributed by atoms with Crippen LogP contribution in [0.15, 0.2) is 78.9 Å². The molecule has 1 heterocycles. The van der Waals surface area contributed by atoms with Crippen molar-refractivity contribution in [1.82, 2.24) is 4.90 Å². The first kappa shape index (κ1) is 19.9. The first-order valence-electron chi connectivity index (χ1n) is 9.99. The number of halogens is 1. The van der Waals surface area contributed by atoms with Gasteiger partial charge in [0.15, 0.2) is 0 Å². The largest absolute Gasteiger partial charge is 0.508 e. The Bertz CT molecular complexity index is 970. The second-order valence-electron chi connectivity index (χ2n) is 7.35. The van der Waals surface area contributed by atoms with E-state index in [9.17, 15) is 14.3 Å². The molecule has 0 radical (unpaired) electrons. The molecule has 30 heavy (non-hydrogen) atoms. The molecule has 1 atom stereocenters. The maximum absolute atomic E-state index is 13.2. The van der Waals surface area contributed by atoms with Gasteiger partial charge in [0.25, 0.3) is 0 Å². The van der Waals surface area contributed by atoms with Crippen LogP contribution >= 0.6 is 0 Å². The predicted octanol–water partition coefficient (Wildman–Crippen LogP) is 4.03. The number of carbonyl (C=O) groups is 1. The van der Waals surface area contributed by atoms with Crippen molar-refractivity contribution in [3.8, 4) is 5.75 Å². The number of carbonyl (C=O) groups excluding carboxylic acids is 1. The molecule has 1 fully saturated rings. The van der Waals surface area contributed by atoms with Crippen molar-refractivity contribution in [3.63, 3.8) is 0 Å². The van der Waals surface area contributed by atoms with E-state index in [0.29, 0.717) is 5.69 Å². The van der Waals surface area contributed by atoms with E-state index in [1.54, 1.807) is 24.3 Å². The van der Waals surface area contributed by atoms with E-state index in [-0.39, 0.29) is 17.5 Å². The molecule has 0 bridgehead atoms. The summed E-state index contributed by atoms with van der Waals surface area (Å²) in [5.41, 5.74) is 2.56. The van der Waals surface area contributed by atoms with Crippen LogP contribution in [0.1, 0.15) is 11.6 Å². The molecular weight excluding hydrogens is 381 g/mol. The third-order valence-electron chi connectivity index (χ3n) is 5.37. The van der Waals surface area contributed by atoms with Gasteiger partial charge < -0.3 is 15.3 Å². The number of anilines is 2. The van der Waals surface area contributed by atoms with Crippen molar-refractivity contribution in [2.24, 2.45) is 0 Å². The van der Waals surface area contributed by atoms with Crippen molar-refractivity contribution in [2.45, 2.75) is 6.04 Å². The minimum atomic E-state index is -0.432. The second kappa shape index (κ2) is 8.97. The monoisotopic (exact) mass is 405 g/mol. The van der Waals surface area contributed by atoms with Gasteiger partial charge in [0.05, 0.1) is 0 Å². The summed E-state index contributed by atoms with van der Waals surface area (Å²) in [5.74, 6) is -0.220. The number of rotatable bonds is 5. The number of benzene rings is 3. The van der Waals surface area contributed by atoms with Crippen molar-refractivity contribution in [1.29, 1.82) is 0 Å². The number of piperazine rings is 1. The molecule has 4 rings (SSSR count). The van der Waals surface area contributed by atoms with Crippen LogP contribution in [0.4, 0.5) is 15.8 Å². The summed E-state index contributed by atoms with van der Waals surface area (Å²) >= 11 is 0. The van der Waals surface area contributed by atoms with Crippen molar-refractivity contribution in [2.75, 3.05) is 36.4 Å². The fraction of sp³-hybridized carbons (Fsp3) is 0.208. The lowest BCUT2D eigenvalue weighted by Gasteiger charge is -2.39. The molecule has 0 saturated carbocycles. The quantitative estimate of drug-likeness (QED) is 0.673. The van der Waals surface area contributed by atoms with Gasteiger partial charge in [0.2, 0.25) is 5.91 Å². The zero-order chi connectivity index (χ0) is 20.9. The fourth-order valence-corrected chi connectivity index (χ4v) is 3.81. The van der Waals surface area contributed by atoms with E-state index in [1.165, 1.54) is 12.1 Å². The van der Waals surface area contributed by atoms with Crippen LogP contribution in [0.25, 0.3) is 0 Å². The Morgan fingerprint density at radius 1 is 0.867 bits per heavy atom. The van der Waals surface area contributed by atoms with Gasteiger partial charge in [0, 0.05) is 37.6 Å². The highest BCUT2D eigenvalue weighted by molar-refractivity contribution is 5.95. The minimum Gasteiger partial charge on any atom is -0.508 e. The molecule has 6 heteroatoms. The molecule has 2 N–H and O–H groups in total. The third kappa shape index (κ3) is 4.60. The molecule has 3 aromatic rings. The number of hydrogen-bond acceptors (Lipinski definition) is 4. The Morgan fingerprint density at radius 2 is 1.50 bits per heavy atom. The molecule has 1 unspecified atom stereocenters. The number of aromatic hydroxyl groups is 1. The normalized spacial score (nSPS) is 15.6. The summed E-state index contributed by atoms with van der Waals surface area (Å²) in [4.78, 5) is 17.6. The average Bonchev–Trinajstić information content (AvgIpc) is 2.77. The molecule has 1 aliphatic heterocycles. The maximum atomic E-state index is 13.2. The minimum absolute atomic E-state index is 0.133. The number of phenols is 1. The summed E-state index contributed by atoms with van der Waals surface area (Å²) in [6.45, 7) is 2.99. The molecular formula is C24H24FN3O2. The van der Waals surface area contributed by atoms with Gasteiger partial charge in [0.1, 0.15) is 17.6 Å². The van der Waals surface area contributed by atoms with Gasteiger partial charge >= 0.3 is 0 Å². The third-order valence-corrected chi connectivity index (χ3v) is 5.37. The van der Waals surface area contributed by atoms with Crippen LogP contribution in [-0.4, -0.2) is 42.1 Å². The van der Waals surface area contributed by atoms with Crippen LogP contribution in [0.3, 0.4) is 0 Å². The first-order valence-corrected chi connectivity index (χ1v) is 9.99. The smallest absolute Gasteiger partial charge is 0.246 e. The highest BCUT2D eigenvalue weighted by Crippen LogP contribution is 2.26. The number of nitrogens with one attached hydrogen (secondary N) is 1. The number of hydrogen-bond donors (Lipinski definition) is 2. The van der Waals surface area contributed by atoms with E-state index in [2.05, 4.69) is 15.1 Å². The second-order valence-corrected chi connectivity index (χ2v) is 7.35. The molecule has 154 valence electrons. The average molecular weight is 405 g/mol. The van der Waals surface area contributed by atoms with Crippen molar-refractivity contribution in [3.05, 3.63) is 90.2 Å². The Morgan fingerprint density at radius 3 is 2.13 bits per heavy atom. The van der Waals surface area contributed by atoms with Crippen molar-refractivity contribution < 1.29 is 14.3 Å². The molecule has 1 aliphatic rings. The van der Waals surface area contributed by atoms with Gasteiger partial charge in [-0.2, -0.15) is 0 Å². The fourth-order valence-electron chi connectivity index (χ4n) is 3.81. The highest BCUT2D eigenvalue weighted by Gasteiger charge is 2.30. The lowest BCUT2D eigenvalue weighted by Crippen LogP contribution is -2.50. The van der Waals surface area contributed by atoms with Crippen molar-refractivity contribution >= 4 is 17.3 Å². The number of nitrogens with zero attached hydrogens (tertiary/aromatic N) is 2. The summed E-state index contributed by atoms with van der Waals surface area (Å²) in [5, 5.41) is 12.4. The molecule has 1 amide bonds. The Kier molecular flexibility index (Phi) is 5.95. The summed E-state index contributed by atoms with van der Waals surface area (Å²) in [6.07, 6.45) is 0. The van der Waals surface area contributed by atoms with E-state index in [1.807, 2.05) is 42.5 Å². The zero-order valence-electron chi connectivity index (χ0n) is 16.5. The molecule has 3 aromatic carbocycles. The van der Waals surface area contributed by atoms with Gasteiger partial charge in [-0.25, -0.2) is 4.39 Å². The van der Waals surface area contributed by atoms with Gasteiger partial charge in [-0.3, -0.25) is 9.69 Å². The Balaban J connectivity index is 1.50. The highest BCUT2D eigenvalue weighted by atomic mass is 19.1. The maximum Gasteiger partial charge on any atom is 0.246 e. The topological polar surface area (TPSA) is 55.8 Å². The predicted molar refractivity (Wildman–Crippen MR) is 116 cm³/mol. The lowest BCUT2D eigenvalue weighted by atomic mass is 10.0. The molecule has 1 saturated heterocycles. The van der Waals surface area contributed by atoms with Crippen LogP contribution < -0.4 is 10.2 Å². The standard InChI is InChI=1S/C24H24FN3O2/c25-19-6-8-20(9-7-19)26-24(30)23(18-4-2-1-3-5-18)28-16-14-27(15-17-28)21-10-12-22(29)13-11-21/h1-13,23,29H,14-17H2,(H,26,30). The van der Waals surface area contributed by atoms with Crippen LogP contribution in [0, 0.1) is 5.82 Å². The Labute approximate surface area is 175 Å². The molecule has 0 aliphatic carbocycles. The van der Waals surface area contributed by atoms with E-state index < -0.39 is 6.04 Å². The van der Waals surface area contributed by atoms with Crippen LogP contribution in [-0.2, 0) is 4.79 Å². The summed E-state index contributed by atoms with van der Waals surface area (Å²) < 4.78 is 13.2. The SMILES string of the molecule is O=C(Nc1ccc(F)cc1)C(c1ccccc1)N1CCN(c2ccc(O)cc2)CC1. The van der Waals surface area contributed by atoms with Gasteiger partial charge in [-0.05, 0) is 54.1 Å². The first-order chi connectivity index (χ1) is 14.6. The molecule has 0 aromatic heterocycles. The number of amides is 1. The lowest BCUT2D eigenvalue weighted by molar-refractivity contribution is -0.121. The van der Waals surface area contributed by atoms with Crippen LogP contribution in [0.2, 0.25) is 0 Å². The van der Waals surface area contributed by atoms with E-state index >= 15 is 0 Å². The van der Waals surface area contributed by atoms with E-state index in [4.69, 9.17) is 0 Å². The summed E-state index contributed by atoms with van der Waals surface area (Å²) in [7, 11) is 0. The van der Waals surface area contributed by atoms with E-state index in [0.717, 1.165) is 37.4 Å². The Hall–Kier alpha value is -3.38. The molecule has 0 spiro atoms. The van der Waals surface area contributed by atoms with Gasteiger partial charge in [-0.1, -0.05) is 30.3 Å². The zero-order valence-corrected chi connectivity index (χ0v) is 16.5.